The largest absolute Gasteiger partial charge is 0.497 e. The zero-order valence-corrected chi connectivity index (χ0v) is 13.8. The summed E-state index contributed by atoms with van der Waals surface area (Å²) < 4.78 is 11.0. The van der Waals surface area contributed by atoms with E-state index in [2.05, 4.69) is 27.0 Å². The monoisotopic (exact) mass is 334 g/mol. The van der Waals surface area contributed by atoms with Crippen molar-refractivity contribution in [2.75, 3.05) is 24.3 Å². The van der Waals surface area contributed by atoms with Crippen LogP contribution in [0, 0.1) is 0 Å². The zero-order chi connectivity index (χ0) is 17.2. The number of para-hydroxylation sites is 1. The molecule has 0 fully saturated rings. The van der Waals surface area contributed by atoms with E-state index in [0.29, 0.717) is 23.1 Å². The fourth-order valence-corrected chi connectivity index (χ4v) is 2.98. The van der Waals surface area contributed by atoms with Crippen LogP contribution in [0.2, 0.25) is 0 Å². The van der Waals surface area contributed by atoms with E-state index in [0.717, 1.165) is 24.4 Å². The summed E-state index contributed by atoms with van der Waals surface area (Å²) in [6.07, 6.45) is 2.44. The first kappa shape index (κ1) is 15.3. The van der Waals surface area contributed by atoms with Crippen molar-refractivity contribution in [2.45, 2.75) is 6.42 Å². The quantitative estimate of drug-likeness (QED) is 0.786. The molecule has 0 aliphatic carbocycles. The molecule has 0 amide bonds. The van der Waals surface area contributed by atoms with E-state index in [-0.39, 0.29) is 0 Å². The minimum Gasteiger partial charge on any atom is -0.497 e. The van der Waals surface area contributed by atoms with Gasteiger partial charge in [-0.1, -0.05) is 18.2 Å². The third kappa shape index (κ3) is 2.82. The molecule has 0 unspecified atom stereocenters. The summed E-state index contributed by atoms with van der Waals surface area (Å²) in [5.41, 5.74) is 9.15. The Labute approximate surface area is 145 Å². The number of nitrogens with two attached hydrogens (primary N) is 1. The highest BCUT2D eigenvalue weighted by Crippen LogP contribution is 2.39. The fourth-order valence-electron chi connectivity index (χ4n) is 2.98. The number of methoxy groups -OCH3 is 1. The molecule has 1 aromatic heterocycles. The standard InChI is InChI=1S/C19H18N4O2/c1-24-14-6-8-15(9-7-14)25-19-17(20)18(21-12-22-19)23-11-10-13-4-2-3-5-16(13)23/h2-9,12H,10-11,20H2,1H3. The molecule has 2 N–H and O–H groups in total. The number of fused-ring (bicyclic) bond motifs is 1. The summed E-state index contributed by atoms with van der Waals surface area (Å²) in [5.74, 6) is 2.42. The van der Waals surface area contributed by atoms with Crippen LogP contribution in [0.15, 0.2) is 54.9 Å². The van der Waals surface area contributed by atoms with Gasteiger partial charge < -0.3 is 20.1 Å². The molecule has 3 aromatic rings. The van der Waals surface area contributed by atoms with Crippen LogP contribution >= 0.6 is 0 Å². The van der Waals surface area contributed by atoms with Gasteiger partial charge in [0.25, 0.3) is 0 Å². The lowest BCUT2D eigenvalue weighted by Crippen LogP contribution is -2.17. The summed E-state index contributed by atoms with van der Waals surface area (Å²) in [6.45, 7) is 0.836. The fraction of sp³-hybridized carbons (Fsp3) is 0.158. The molecule has 4 rings (SSSR count). The van der Waals surface area contributed by atoms with E-state index >= 15 is 0 Å². The molecule has 0 bridgehead atoms. The highest BCUT2D eigenvalue weighted by atomic mass is 16.5. The predicted molar refractivity (Wildman–Crippen MR) is 96.7 cm³/mol. The van der Waals surface area contributed by atoms with E-state index in [9.17, 15) is 0 Å². The Kier molecular flexibility index (Phi) is 3.85. The summed E-state index contributed by atoms with van der Waals surface area (Å²) >= 11 is 0. The lowest BCUT2D eigenvalue weighted by Gasteiger charge is -2.20. The number of nitrogen functional groups attached to an aromatic ring is 1. The lowest BCUT2D eigenvalue weighted by molar-refractivity contribution is 0.412. The van der Waals surface area contributed by atoms with Gasteiger partial charge in [-0.2, -0.15) is 4.98 Å². The van der Waals surface area contributed by atoms with Crippen LogP contribution in [-0.4, -0.2) is 23.6 Å². The minimum atomic E-state index is 0.347. The molecule has 2 aromatic carbocycles. The summed E-state index contributed by atoms with van der Waals surface area (Å²) in [7, 11) is 1.62. The Morgan fingerprint density at radius 1 is 1.00 bits per heavy atom. The molecule has 6 heteroatoms. The normalized spacial score (nSPS) is 12.8. The molecule has 25 heavy (non-hydrogen) atoms. The maximum atomic E-state index is 6.31. The van der Waals surface area contributed by atoms with Gasteiger partial charge >= 0.3 is 0 Å². The van der Waals surface area contributed by atoms with Gasteiger partial charge in [0.1, 0.15) is 23.5 Å². The smallest absolute Gasteiger partial charge is 0.248 e. The Bertz CT molecular complexity index is 896. The molecule has 0 spiro atoms. The molecule has 0 radical (unpaired) electrons. The number of anilines is 3. The Morgan fingerprint density at radius 3 is 2.56 bits per heavy atom. The average Bonchev–Trinajstić information content (AvgIpc) is 3.08. The van der Waals surface area contributed by atoms with Crippen molar-refractivity contribution in [1.82, 2.24) is 9.97 Å². The number of hydrogen-bond donors (Lipinski definition) is 1. The number of aromatic nitrogens is 2. The van der Waals surface area contributed by atoms with E-state index < -0.39 is 0 Å². The highest BCUT2D eigenvalue weighted by Gasteiger charge is 2.24. The maximum Gasteiger partial charge on any atom is 0.248 e. The molecule has 0 saturated heterocycles. The molecular formula is C19H18N4O2. The van der Waals surface area contributed by atoms with E-state index in [4.69, 9.17) is 15.2 Å². The van der Waals surface area contributed by atoms with Gasteiger partial charge in [0.05, 0.1) is 7.11 Å². The van der Waals surface area contributed by atoms with Crippen molar-refractivity contribution >= 4 is 17.2 Å². The highest BCUT2D eigenvalue weighted by molar-refractivity contribution is 5.77. The second kappa shape index (κ2) is 6.32. The number of hydrogen-bond acceptors (Lipinski definition) is 6. The molecule has 6 nitrogen and oxygen atoms in total. The summed E-state index contributed by atoms with van der Waals surface area (Å²) in [6, 6.07) is 15.5. The van der Waals surface area contributed by atoms with Crippen molar-refractivity contribution in [2.24, 2.45) is 0 Å². The predicted octanol–water partition coefficient (Wildman–Crippen LogP) is 3.55. The average molecular weight is 334 g/mol. The molecule has 0 atom stereocenters. The third-order valence-corrected chi connectivity index (χ3v) is 4.24. The maximum absolute atomic E-state index is 6.31. The Hall–Kier alpha value is -3.28. The van der Waals surface area contributed by atoms with Crippen molar-refractivity contribution in [3.63, 3.8) is 0 Å². The number of nitrogens with zero attached hydrogens (tertiary/aromatic N) is 3. The Morgan fingerprint density at radius 2 is 1.76 bits per heavy atom. The first-order valence-electron chi connectivity index (χ1n) is 8.04. The van der Waals surface area contributed by atoms with Crippen LogP contribution in [0.25, 0.3) is 0 Å². The van der Waals surface area contributed by atoms with Gasteiger partial charge in [-0.05, 0) is 42.3 Å². The first-order chi connectivity index (χ1) is 12.3. The van der Waals surface area contributed by atoms with Crippen LogP contribution in [0.1, 0.15) is 5.56 Å². The number of ether oxygens (including phenoxy) is 2. The zero-order valence-electron chi connectivity index (χ0n) is 13.8. The molecule has 1 aliphatic heterocycles. The van der Waals surface area contributed by atoms with Crippen LogP contribution in [0.4, 0.5) is 17.2 Å². The second-order valence-electron chi connectivity index (χ2n) is 5.72. The SMILES string of the molecule is COc1ccc(Oc2ncnc(N3CCc4ccccc43)c2N)cc1. The molecular weight excluding hydrogens is 316 g/mol. The van der Waals surface area contributed by atoms with Gasteiger partial charge in [0.15, 0.2) is 5.82 Å². The summed E-state index contributed by atoms with van der Waals surface area (Å²) in [5, 5.41) is 0. The van der Waals surface area contributed by atoms with Gasteiger partial charge in [0.2, 0.25) is 5.88 Å². The lowest BCUT2D eigenvalue weighted by atomic mass is 10.2. The molecule has 126 valence electrons. The van der Waals surface area contributed by atoms with Crippen molar-refractivity contribution in [3.8, 4) is 17.4 Å². The van der Waals surface area contributed by atoms with Crippen LogP contribution in [-0.2, 0) is 6.42 Å². The van der Waals surface area contributed by atoms with E-state index in [1.165, 1.54) is 11.9 Å². The topological polar surface area (TPSA) is 73.5 Å². The van der Waals surface area contributed by atoms with E-state index in [1.807, 2.05) is 36.4 Å². The number of rotatable bonds is 4. The van der Waals surface area contributed by atoms with Crippen molar-refractivity contribution in [1.29, 1.82) is 0 Å². The Balaban J connectivity index is 1.64. The van der Waals surface area contributed by atoms with Gasteiger partial charge in [-0.3, -0.25) is 0 Å². The number of benzene rings is 2. The first-order valence-corrected chi connectivity index (χ1v) is 8.04. The van der Waals surface area contributed by atoms with Gasteiger partial charge in [0, 0.05) is 12.2 Å². The van der Waals surface area contributed by atoms with Crippen molar-refractivity contribution in [3.05, 3.63) is 60.4 Å². The van der Waals surface area contributed by atoms with Crippen LogP contribution in [0.3, 0.4) is 0 Å². The van der Waals surface area contributed by atoms with E-state index in [1.54, 1.807) is 7.11 Å². The van der Waals surface area contributed by atoms with Gasteiger partial charge in [-0.25, -0.2) is 4.98 Å². The summed E-state index contributed by atoms with van der Waals surface area (Å²) in [4.78, 5) is 10.7. The minimum absolute atomic E-state index is 0.347. The van der Waals surface area contributed by atoms with Gasteiger partial charge in [-0.15, -0.1) is 0 Å². The molecule has 1 aliphatic rings. The third-order valence-electron chi connectivity index (χ3n) is 4.24. The second-order valence-corrected chi connectivity index (χ2v) is 5.72. The molecule has 2 heterocycles. The molecule has 0 saturated carbocycles. The van der Waals surface area contributed by atoms with Crippen LogP contribution in [0.5, 0.6) is 17.4 Å². The van der Waals surface area contributed by atoms with Crippen LogP contribution < -0.4 is 20.1 Å². The van der Waals surface area contributed by atoms with Crippen molar-refractivity contribution < 1.29 is 9.47 Å².